The molecule has 1 amide bonds. The van der Waals surface area contributed by atoms with Gasteiger partial charge in [0.1, 0.15) is 5.75 Å². The third kappa shape index (κ3) is 3.56. The molecular weight excluding hydrogens is 262 g/mol. The van der Waals surface area contributed by atoms with Crippen LogP contribution in [0.3, 0.4) is 0 Å². The Morgan fingerprint density at radius 1 is 1.16 bits per heavy atom. The van der Waals surface area contributed by atoms with Gasteiger partial charge in [0.2, 0.25) is 0 Å². The fourth-order valence-corrected chi connectivity index (χ4v) is 1.68. The van der Waals surface area contributed by atoms with E-state index in [9.17, 15) is 4.79 Å². The van der Waals surface area contributed by atoms with E-state index < -0.39 is 0 Å². The van der Waals surface area contributed by atoms with E-state index in [0.717, 1.165) is 10.8 Å². The van der Waals surface area contributed by atoms with Gasteiger partial charge < -0.3 is 10.5 Å². The number of amides is 1. The summed E-state index contributed by atoms with van der Waals surface area (Å²) in [6.45, 7) is -0.121. The molecule has 2 aromatic rings. The van der Waals surface area contributed by atoms with Gasteiger partial charge in [0, 0.05) is 5.39 Å². The summed E-state index contributed by atoms with van der Waals surface area (Å²) in [5, 5.41) is 2.01. The Labute approximate surface area is 115 Å². The van der Waals surface area contributed by atoms with Crippen LogP contribution in [0.25, 0.3) is 10.8 Å². The van der Waals surface area contributed by atoms with Crippen LogP contribution in [-0.4, -0.2) is 17.6 Å². The second-order valence-corrected chi connectivity index (χ2v) is 4.24. The Hall–Kier alpha value is -2.34. The summed E-state index contributed by atoms with van der Waals surface area (Å²) in [7, 11) is 0. The number of fused-ring (bicyclic) bond motifs is 1. The maximum absolute atomic E-state index is 11.4. The van der Waals surface area contributed by atoms with Gasteiger partial charge in [0.15, 0.2) is 11.7 Å². The van der Waals surface area contributed by atoms with E-state index in [1.807, 2.05) is 42.5 Å². The van der Waals surface area contributed by atoms with Gasteiger partial charge in [-0.2, -0.15) is 0 Å². The number of ether oxygens (including phenoxy) is 1. The monoisotopic (exact) mass is 275 g/mol. The van der Waals surface area contributed by atoms with E-state index in [2.05, 4.69) is 23.1 Å². The number of thiocarbonyl (C=S) groups is 1. The number of hydrogen-bond donors (Lipinski definition) is 3. The van der Waals surface area contributed by atoms with Crippen molar-refractivity contribution in [1.29, 1.82) is 0 Å². The van der Waals surface area contributed by atoms with Gasteiger partial charge in [-0.25, -0.2) is 0 Å². The Morgan fingerprint density at radius 2 is 1.89 bits per heavy atom. The minimum absolute atomic E-state index is 0.00138. The molecule has 0 heterocycles. The maximum atomic E-state index is 11.4. The average molecular weight is 275 g/mol. The van der Waals surface area contributed by atoms with Crippen molar-refractivity contribution < 1.29 is 9.53 Å². The SMILES string of the molecule is NC(=S)NNC(=O)COc1cccc2ccccc12. The Kier molecular flexibility index (Phi) is 4.15. The number of rotatable bonds is 3. The van der Waals surface area contributed by atoms with Crippen molar-refractivity contribution in [1.82, 2.24) is 10.9 Å². The molecule has 0 aliphatic heterocycles. The first-order valence-corrected chi connectivity index (χ1v) is 6.02. The average Bonchev–Trinajstić information content (AvgIpc) is 2.42. The normalized spacial score (nSPS) is 9.89. The first-order valence-electron chi connectivity index (χ1n) is 5.61. The number of hydrazine groups is 1. The molecule has 0 unspecified atom stereocenters. The molecule has 19 heavy (non-hydrogen) atoms. The molecule has 0 aromatic heterocycles. The maximum Gasteiger partial charge on any atom is 0.276 e. The number of carbonyl (C=O) groups is 1. The van der Waals surface area contributed by atoms with E-state index in [4.69, 9.17) is 10.5 Å². The van der Waals surface area contributed by atoms with Gasteiger partial charge in [0.05, 0.1) is 0 Å². The molecular formula is C13H13N3O2S. The smallest absolute Gasteiger partial charge is 0.276 e. The van der Waals surface area contributed by atoms with Crippen LogP contribution in [0.15, 0.2) is 42.5 Å². The van der Waals surface area contributed by atoms with Gasteiger partial charge in [-0.1, -0.05) is 36.4 Å². The van der Waals surface area contributed by atoms with Gasteiger partial charge in [-0.15, -0.1) is 0 Å². The third-order valence-electron chi connectivity index (χ3n) is 2.43. The lowest BCUT2D eigenvalue weighted by Gasteiger charge is -2.10. The van der Waals surface area contributed by atoms with Crippen molar-refractivity contribution in [2.75, 3.05) is 6.61 Å². The summed E-state index contributed by atoms with van der Waals surface area (Å²) < 4.78 is 5.48. The van der Waals surface area contributed by atoms with Gasteiger partial charge in [-0.3, -0.25) is 15.6 Å². The van der Waals surface area contributed by atoms with Crippen molar-refractivity contribution in [2.45, 2.75) is 0 Å². The summed E-state index contributed by atoms with van der Waals surface area (Å²) in [5.74, 6) is 0.296. The van der Waals surface area contributed by atoms with Crippen molar-refractivity contribution in [2.24, 2.45) is 5.73 Å². The number of carbonyl (C=O) groups excluding carboxylic acids is 1. The van der Waals surface area contributed by atoms with Crippen LogP contribution >= 0.6 is 12.2 Å². The lowest BCUT2D eigenvalue weighted by Crippen LogP contribution is -2.46. The van der Waals surface area contributed by atoms with E-state index >= 15 is 0 Å². The molecule has 0 saturated carbocycles. The Morgan fingerprint density at radius 3 is 2.68 bits per heavy atom. The van der Waals surface area contributed by atoms with E-state index in [1.165, 1.54) is 0 Å². The molecule has 0 saturated heterocycles. The summed E-state index contributed by atoms with van der Waals surface area (Å²) in [5.41, 5.74) is 9.86. The number of benzene rings is 2. The molecule has 6 heteroatoms. The predicted octanol–water partition coefficient (Wildman–Crippen LogP) is 1.08. The summed E-state index contributed by atoms with van der Waals surface area (Å²) in [4.78, 5) is 11.4. The zero-order valence-electron chi connectivity index (χ0n) is 10.1. The summed E-state index contributed by atoms with van der Waals surface area (Å²) in [6.07, 6.45) is 0. The quantitative estimate of drug-likeness (QED) is 0.577. The van der Waals surface area contributed by atoms with E-state index in [-0.39, 0.29) is 17.6 Å². The van der Waals surface area contributed by atoms with E-state index in [0.29, 0.717) is 5.75 Å². The largest absolute Gasteiger partial charge is 0.483 e. The van der Waals surface area contributed by atoms with Crippen molar-refractivity contribution in [3.05, 3.63) is 42.5 Å². The highest BCUT2D eigenvalue weighted by Crippen LogP contribution is 2.24. The first-order chi connectivity index (χ1) is 9.16. The van der Waals surface area contributed by atoms with Crippen LogP contribution in [0, 0.1) is 0 Å². The molecule has 0 atom stereocenters. The van der Waals surface area contributed by atoms with Crippen molar-refractivity contribution in [3.8, 4) is 5.75 Å². The fraction of sp³-hybridized carbons (Fsp3) is 0.0769. The summed E-state index contributed by atoms with van der Waals surface area (Å²) in [6, 6.07) is 13.5. The molecule has 0 aliphatic rings. The molecule has 0 bridgehead atoms. The zero-order chi connectivity index (χ0) is 13.7. The van der Waals surface area contributed by atoms with Crippen molar-refractivity contribution >= 4 is 34.0 Å². The number of hydrogen-bond acceptors (Lipinski definition) is 3. The lowest BCUT2D eigenvalue weighted by atomic mass is 10.1. The predicted molar refractivity (Wildman–Crippen MR) is 77.5 cm³/mol. The van der Waals surface area contributed by atoms with E-state index in [1.54, 1.807) is 0 Å². The fourth-order valence-electron chi connectivity index (χ4n) is 1.63. The van der Waals surface area contributed by atoms with Gasteiger partial charge >= 0.3 is 0 Å². The molecule has 4 N–H and O–H groups in total. The molecule has 0 aliphatic carbocycles. The minimum Gasteiger partial charge on any atom is -0.483 e. The third-order valence-corrected chi connectivity index (χ3v) is 2.54. The highest BCUT2D eigenvalue weighted by molar-refractivity contribution is 7.80. The Balaban J connectivity index is 2.02. The highest BCUT2D eigenvalue weighted by Gasteiger charge is 2.05. The summed E-state index contributed by atoms with van der Waals surface area (Å²) >= 11 is 4.57. The van der Waals surface area contributed by atoms with Crippen LogP contribution in [0.2, 0.25) is 0 Å². The number of nitrogens with one attached hydrogen (secondary N) is 2. The van der Waals surface area contributed by atoms with Crippen LogP contribution in [0.5, 0.6) is 5.75 Å². The molecule has 0 radical (unpaired) electrons. The first kappa shape index (κ1) is 13.1. The number of nitrogens with two attached hydrogens (primary N) is 1. The zero-order valence-corrected chi connectivity index (χ0v) is 10.9. The second-order valence-electron chi connectivity index (χ2n) is 3.80. The highest BCUT2D eigenvalue weighted by atomic mass is 32.1. The van der Waals surface area contributed by atoms with Crippen molar-refractivity contribution in [3.63, 3.8) is 0 Å². The Bertz CT molecular complexity index is 610. The van der Waals surface area contributed by atoms with Gasteiger partial charge in [-0.05, 0) is 23.7 Å². The minimum atomic E-state index is -0.360. The standard InChI is InChI=1S/C13H13N3O2S/c14-13(19)16-15-12(17)8-18-11-7-3-5-9-4-1-2-6-10(9)11/h1-7H,8H2,(H,15,17)(H3,14,16,19). The lowest BCUT2D eigenvalue weighted by molar-refractivity contribution is -0.123. The topological polar surface area (TPSA) is 76.4 Å². The van der Waals surface area contributed by atoms with Crippen LogP contribution < -0.4 is 21.3 Å². The molecule has 5 nitrogen and oxygen atoms in total. The molecule has 0 spiro atoms. The molecule has 2 aromatic carbocycles. The molecule has 0 fully saturated rings. The second kappa shape index (κ2) is 6.01. The van der Waals surface area contributed by atoms with Crippen LogP contribution in [-0.2, 0) is 4.79 Å². The molecule has 98 valence electrons. The van der Waals surface area contributed by atoms with Crippen LogP contribution in [0.4, 0.5) is 0 Å². The van der Waals surface area contributed by atoms with Crippen LogP contribution in [0.1, 0.15) is 0 Å². The van der Waals surface area contributed by atoms with Gasteiger partial charge in [0.25, 0.3) is 5.91 Å². The molecule has 2 rings (SSSR count).